The molecule has 0 saturated heterocycles. The van der Waals surface area contributed by atoms with Crippen molar-refractivity contribution in [3.63, 3.8) is 0 Å². The lowest BCUT2D eigenvalue weighted by molar-refractivity contribution is 0.768. The van der Waals surface area contributed by atoms with Gasteiger partial charge in [0.15, 0.2) is 0 Å². The van der Waals surface area contributed by atoms with Gasteiger partial charge in [-0.2, -0.15) is 0 Å². The lowest BCUT2D eigenvalue weighted by atomic mass is 9.68. The quantitative estimate of drug-likeness (QED) is 0.157. The van der Waals surface area contributed by atoms with Crippen LogP contribution in [0.3, 0.4) is 0 Å². The smallest absolute Gasteiger partial charge is 0.0714 e. The van der Waals surface area contributed by atoms with E-state index in [2.05, 4.69) is 241 Å². The van der Waals surface area contributed by atoms with Gasteiger partial charge >= 0.3 is 0 Å². The molecule has 0 unspecified atom stereocenters. The summed E-state index contributed by atoms with van der Waals surface area (Å²) >= 11 is 0. The van der Waals surface area contributed by atoms with Crippen LogP contribution in [0.4, 0.5) is 17.1 Å². The number of anilines is 3. The standard InChI is InChI=1S/C57H39N/c1-3-21-46(22-4-1)57(47-23-5-2-6-24-47)51-28-13-11-27-50(51)56-52(57)29-16-32-55(56)58(54-31-15-20-42-18-9-10-25-48(42)54)53-30-14-12-26-49(53)43-36-33-41(34-37-43)45-38-35-40-17-7-8-19-44(40)39-45/h1-39H. The van der Waals surface area contributed by atoms with Crippen molar-refractivity contribution in [2.45, 2.75) is 5.41 Å². The van der Waals surface area contributed by atoms with Crippen LogP contribution in [-0.4, -0.2) is 0 Å². The summed E-state index contributed by atoms with van der Waals surface area (Å²) in [7, 11) is 0. The summed E-state index contributed by atoms with van der Waals surface area (Å²) in [5.41, 5.74) is 15.3. The molecule has 11 rings (SSSR count). The van der Waals surface area contributed by atoms with Crippen molar-refractivity contribution in [2.75, 3.05) is 4.90 Å². The van der Waals surface area contributed by atoms with Crippen LogP contribution < -0.4 is 4.90 Å². The SMILES string of the molecule is c1ccc(C2(c3ccccc3)c3ccccc3-c3c(N(c4ccccc4-c4ccc(-c5ccc6ccccc6c5)cc4)c4cccc5ccccc45)cccc32)cc1. The molecule has 0 radical (unpaired) electrons. The van der Waals surface area contributed by atoms with E-state index in [1.807, 2.05) is 0 Å². The molecule has 0 aromatic heterocycles. The largest absolute Gasteiger partial charge is 0.309 e. The first-order valence-corrected chi connectivity index (χ1v) is 20.1. The van der Waals surface area contributed by atoms with E-state index in [0.717, 1.165) is 17.1 Å². The maximum atomic E-state index is 2.52. The van der Waals surface area contributed by atoms with Gasteiger partial charge in [0.05, 0.1) is 22.5 Å². The number of benzene rings is 10. The van der Waals surface area contributed by atoms with E-state index in [9.17, 15) is 0 Å². The molecule has 0 heterocycles. The van der Waals surface area contributed by atoms with Crippen molar-refractivity contribution in [3.8, 4) is 33.4 Å². The van der Waals surface area contributed by atoms with Crippen LogP contribution in [-0.2, 0) is 5.41 Å². The highest BCUT2D eigenvalue weighted by Crippen LogP contribution is 2.60. The van der Waals surface area contributed by atoms with Gasteiger partial charge < -0.3 is 4.90 Å². The normalized spacial score (nSPS) is 12.6. The van der Waals surface area contributed by atoms with Gasteiger partial charge in [-0.1, -0.05) is 212 Å². The molecule has 10 aromatic rings. The first-order chi connectivity index (χ1) is 28.8. The molecule has 1 aliphatic carbocycles. The van der Waals surface area contributed by atoms with Crippen LogP contribution in [0.2, 0.25) is 0 Å². The van der Waals surface area contributed by atoms with Crippen molar-refractivity contribution < 1.29 is 0 Å². The Hall–Kier alpha value is -7.48. The third-order valence-electron chi connectivity index (χ3n) is 12.1. The Balaban J connectivity index is 1.16. The summed E-state index contributed by atoms with van der Waals surface area (Å²) in [6.45, 7) is 0. The van der Waals surface area contributed by atoms with Crippen molar-refractivity contribution in [1.29, 1.82) is 0 Å². The van der Waals surface area contributed by atoms with E-state index < -0.39 is 5.41 Å². The minimum atomic E-state index is -0.507. The average molecular weight is 738 g/mol. The Labute approximate surface area is 339 Å². The second-order valence-corrected chi connectivity index (χ2v) is 15.2. The highest BCUT2D eigenvalue weighted by atomic mass is 15.1. The second kappa shape index (κ2) is 13.9. The molecule has 0 amide bonds. The fourth-order valence-corrected chi connectivity index (χ4v) is 9.58. The maximum absolute atomic E-state index is 2.52. The fourth-order valence-electron chi connectivity index (χ4n) is 9.58. The third-order valence-corrected chi connectivity index (χ3v) is 12.1. The summed E-state index contributed by atoms with van der Waals surface area (Å²) < 4.78 is 0. The monoisotopic (exact) mass is 737 g/mol. The van der Waals surface area contributed by atoms with Crippen molar-refractivity contribution >= 4 is 38.6 Å². The van der Waals surface area contributed by atoms with Gasteiger partial charge in [0, 0.05) is 16.5 Å². The highest BCUT2D eigenvalue weighted by Gasteiger charge is 2.47. The van der Waals surface area contributed by atoms with Crippen LogP contribution in [0.5, 0.6) is 0 Å². The molecule has 1 aliphatic rings. The zero-order chi connectivity index (χ0) is 38.5. The van der Waals surface area contributed by atoms with Gasteiger partial charge in [0.1, 0.15) is 0 Å². The molecule has 58 heavy (non-hydrogen) atoms. The number of rotatable bonds is 7. The molecule has 0 aliphatic heterocycles. The highest BCUT2D eigenvalue weighted by molar-refractivity contribution is 6.05. The van der Waals surface area contributed by atoms with E-state index in [1.165, 1.54) is 77.2 Å². The van der Waals surface area contributed by atoms with Gasteiger partial charge in [-0.05, 0) is 84.9 Å². The Morgan fingerprint density at radius 3 is 1.59 bits per heavy atom. The van der Waals surface area contributed by atoms with Crippen molar-refractivity contribution in [3.05, 3.63) is 259 Å². The summed E-state index contributed by atoms with van der Waals surface area (Å²) in [5, 5.41) is 4.91. The second-order valence-electron chi connectivity index (χ2n) is 15.2. The van der Waals surface area contributed by atoms with E-state index in [4.69, 9.17) is 0 Å². The van der Waals surface area contributed by atoms with E-state index >= 15 is 0 Å². The van der Waals surface area contributed by atoms with Crippen LogP contribution in [0.1, 0.15) is 22.3 Å². The van der Waals surface area contributed by atoms with E-state index in [-0.39, 0.29) is 0 Å². The van der Waals surface area contributed by atoms with Gasteiger partial charge in [-0.25, -0.2) is 0 Å². The molecule has 1 nitrogen and oxygen atoms in total. The van der Waals surface area contributed by atoms with Crippen molar-refractivity contribution in [1.82, 2.24) is 0 Å². The Morgan fingerprint density at radius 1 is 0.293 bits per heavy atom. The van der Waals surface area contributed by atoms with Crippen LogP contribution in [0.25, 0.3) is 54.9 Å². The van der Waals surface area contributed by atoms with Gasteiger partial charge in [-0.15, -0.1) is 0 Å². The summed E-state index contributed by atoms with van der Waals surface area (Å²) in [5.74, 6) is 0. The molecule has 0 atom stereocenters. The maximum Gasteiger partial charge on any atom is 0.0714 e. The molecule has 0 N–H and O–H groups in total. The fraction of sp³-hybridized carbons (Fsp3) is 0.0175. The molecule has 0 fully saturated rings. The number of fused-ring (bicyclic) bond motifs is 5. The van der Waals surface area contributed by atoms with Crippen LogP contribution in [0, 0.1) is 0 Å². The number of para-hydroxylation sites is 1. The molecule has 272 valence electrons. The molecule has 0 spiro atoms. The minimum Gasteiger partial charge on any atom is -0.309 e. The molecule has 10 aromatic carbocycles. The molecule has 0 saturated carbocycles. The molecular formula is C57H39N. The average Bonchev–Trinajstić information content (AvgIpc) is 3.61. The van der Waals surface area contributed by atoms with E-state index in [0.29, 0.717) is 0 Å². The van der Waals surface area contributed by atoms with E-state index in [1.54, 1.807) is 0 Å². The van der Waals surface area contributed by atoms with Crippen LogP contribution in [0.15, 0.2) is 237 Å². The number of hydrogen-bond acceptors (Lipinski definition) is 1. The lowest BCUT2D eigenvalue weighted by Gasteiger charge is -2.35. The zero-order valence-electron chi connectivity index (χ0n) is 32.0. The van der Waals surface area contributed by atoms with Crippen LogP contribution >= 0.6 is 0 Å². The van der Waals surface area contributed by atoms with Crippen molar-refractivity contribution in [2.24, 2.45) is 0 Å². The number of nitrogens with zero attached hydrogens (tertiary/aromatic N) is 1. The lowest BCUT2D eigenvalue weighted by Crippen LogP contribution is -2.28. The molecule has 0 bridgehead atoms. The summed E-state index contributed by atoms with van der Waals surface area (Å²) in [4.78, 5) is 2.52. The van der Waals surface area contributed by atoms with Gasteiger partial charge in [0.25, 0.3) is 0 Å². The first kappa shape index (κ1) is 33.8. The Bertz CT molecular complexity index is 3060. The first-order valence-electron chi connectivity index (χ1n) is 20.1. The molecule has 1 heteroatoms. The minimum absolute atomic E-state index is 0.507. The van der Waals surface area contributed by atoms with Gasteiger partial charge in [-0.3, -0.25) is 0 Å². The van der Waals surface area contributed by atoms with Gasteiger partial charge in [0.2, 0.25) is 0 Å². The predicted octanol–water partition coefficient (Wildman–Crippen LogP) is 15.2. The summed E-state index contributed by atoms with van der Waals surface area (Å²) in [6.07, 6.45) is 0. The zero-order valence-corrected chi connectivity index (χ0v) is 32.0. The Morgan fingerprint density at radius 2 is 0.810 bits per heavy atom. The topological polar surface area (TPSA) is 3.24 Å². The summed E-state index contributed by atoms with van der Waals surface area (Å²) in [6, 6.07) is 86.9. The third kappa shape index (κ3) is 5.32. The molecular weight excluding hydrogens is 699 g/mol. The number of hydrogen-bond donors (Lipinski definition) is 0. The Kier molecular flexibility index (Phi) is 8.12. The predicted molar refractivity (Wildman–Crippen MR) is 244 cm³/mol.